The molecule has 0 spiro atoms. The van der Waals surface area contributed by atoms with E-state index < -0.39 is 18.1 Å². The van der Waals surface area contributed by atoms with Crippen LogP contribution in [0.1, 0.15) is 26.2 Å². The summed E-state index contributed by atoms with van der Waals surface area (Å²) in [5.41, 5.74) is 0.254. The molecule has 1 aliphatic rings. The average Bonchev–Trinajstić information content (AvgIpc) is 2.28. The van der Waals surface area contributed by atoms with E-state index in [4.69, 9.17) is 5.11 Å². The van der Waals surface area contributed by atoms with Crippen LogP contribution >= 0.6 is 0 Å². The van der Waals surface area contributed by atoms with Gasteiger partial charge in [0.2, 0.25) is 0 Å². The van der Waals surface area contributed by atoms with Gasteiger partial charge < -0.3 is 5.11 Å². The van der Waals surface area contributed by atoms with E-state index in [-0.39, 0.29) is 25.1 Å². The van der Waals surface area contributed by atoms with Crippen LogP contribution in [0.15, 0.2) is 11.6 Å². The molecule has 0 aromatic carbocycles. The predicted molar refractivity (Wildman–Crippen MR) is 61.2 cm³/mol. The quantitative estimate of drug-likeness (QED) is 0.794. The molecule has 1 unspecified atom stereocenters. The number of alkyl halides is 3. The topological polar surface area (TPSA) is 40.5 Å². The molecule has 1 N–H and O–H groups in total. The molecular weight excluding hydrogens is 247 g/mol. The van der Waals surface area contributed by atoms with Gasteiger partial charge in [0.05, 0.1) is 5.92 Å². The van der Waals surface area contributed by atoms with Crippen molar-refractivity contribution in [3.05, 3.63) is 11.6 Å². The van der Waals surface area contributed by atoms with Gasteiger partial charge in [-0.15, -0.1) is 0 Å². The highest BCUT2D eigenvalue weighted by Crippen LogP contribution is 2.32. The van der Waals surface area contributed by atoms with Crippen molar-refractivity contribution < 1.29 is 23.1 Å². The molecule has 1 fully saturated rings. The number of rotatable bonds is 4. The molecular formula is C12H18F3NO2. The van der Waals surface area contributed by atoms with E-state index in [9.17, 15) is 18.0 Å². The minimum Gasteiger partial charge on any atom is -0.478 e. The second kappa shape index (κ2) is 6.22. The number of likely N-dealkylation sites (tertiary alicyclic amines) is 1. The summed E-state index contributed by atoms with van der Waals surface area (Å²) in [5.74, 6) is -2.28. The fraction of sp³-hybridized carbons (Fsp3) is 0.750. The van der Waals surface area contributed by atoms with Crippen LogP contribution in [0, 0.1) is 5.92 Å². The molecule has 18 heavy (non-hydrogen) atoms. The molecule has 0 amide bonds. The van der Waals surface area contributed by atoms with Gasteiger partial charge in [0.25, 0.3) is 0 Å². The molecule has 0 bridgehead atoms. The Hall–Kier alpha value is -1.04. The molecule has 1 atom stereocenters. The fourth-order valence-electron chi connectivity index (χ4n) is 2.11. The van der Waals surface area contributed by atoms with E-state index in [2.05, 4.69) is 0 Å². The number of carboxylic acid groups (broad SMARTS) is 1. The van der Waals surface area contributed by atoms with Crippen molar-refractivity contribution in [2.45, 2.75) is 32.4 Å². The normalized spacial score (nSPS) is 23.1. The molecule has 1 aliphatic heterocycles. The van der Waals surface area contributed by atoms with Gasteiger partial charge >= 0.3 is 12.1 Å². The van der Waals surface area contributed by atoms with Crippen molar-refractivity contribution in [3.63, 3.8) is 0 Å². The molecule has 0 radical (unpaired) electrons. The van der Waals surface area contributed by atoms with Crippen molar-refractivity contribution in [1.29, 1.82) is 0 Å². The molecule has 1 rings (SSSR count). The standard InChI is InChI=1S/C12H18F3NO2/c1-2-9(11(17)18)5-7-16-6-3-4-10(8-16)12(13,14)15/h5,10H,2-4,6-8H2,1H3,(H,17,18). The summed E-state index contributed by atoms with van der Waals surface area (Å²) in [4.78, 5) is 12.4. The number of hydrogen-bond acceptors (Lipinski definition) is 2. The lowest BCUT2D eigenvalue weighted by Gasteiger charge is -2.33. The minimum atomic E-state index is -4.15. The second-order valence-electron chi connectivity index (χ2n) is 4.53. The molecule has 0 aliphatic carbocycles. The van der Waals surface area contributed by atoms with Gasteiger partial charge in [-0.3, -0.25) is 4.90 Å². The lowest BCUT2D eigenvalue weighted by atomic mass is 9.97. The van der Waals surface area contributed by atoms with E-state index in [1.807, 2.05) is 0 Å². The van der Waals surface area contributed by atoms with E-state index >= 15 is 0 Å². The summed E-state index contributed by atoms with van der Waals surface area (Å²) in [5, 5.41) is 8.82. The van der Waals surface area contributed by atoms with Crippen LogP contribution in [-0.4, -0.2) is 41.8 Å². The first-order valence-corrected chi connectivity index (χ1v) is 6.06. The molecule has 0 aromatic rings. The molecule has 0 aromatic heterocycles. The zero-order chi connectivity index (χ0) is 13.8. The smallest absolute Gasteiger partial charge is 0.393 e. The Bertz CT molecular complexity index is 326. The van der Waals surface area contributed by atoms with E-state index in [0.717, 1.165) is 0 Å². The molecule has 1 saturated heterocycles. The van der Waals surface area contributed by atoms with E-state index in [1.165, 1.54) is 6.08 Å². The van der Waals surface area contributed by atoms with Gasteiger partial charge in [-0.05, 0) is 25.8 Å². The van der Waals surface area contributed by atoms with Crippen molar-refractivity contribution >= 4 is 5.97 Å². The number of hydrogen-bond donors (Lipinski definition) is 1. The highest BCUT2D eigenvalue weighted by molar-refractivity contribution is 5.86. The first-order valence-electron chi connectivity index (χ1n) is 6.06. The van der Waals surface area contributed by atoms with Crippen LogP contribution in [0.2, 0.25) is 0 Å². The third kappa shape index (κ3) is 4.33. The number of aliphatic carboxylic acids is 1. The summed E-state index contributed by atoms with van der Waals surface area (Å²) in [7, 11) is 0. The van der Waals surface area contributed by atoms with Crippen LogP contribution in [0.25, 0.3) is 0 Å². The van der Waals surface area contributed by atoms with E-state index in [1.54, 1.807) is 11.8 Å². The number of halogens is 3. The second-order valence-corrected chi connectivity index (χ2v) is 4.53. The Morgan fingerprint density at radius 3 is 2.67 bits per heavy atom. The lowest BCUT2D eigenvalue weighted by Crippen LogP contribution is -2.41. The maximum atomic E-state index is 12.6. The summed E-state index contributed by atoms with van der Waals surface area (Å²) in [6, 6.07) is 0. The van der Waals surface area contributed by atoms with Crippen LogP contribution in [0.3, 0.4) is 0 Å². The Morgan fingerprint density at radius 1 is 1.50 bits per heavy atom. The molecule has 0 saturated carbocycles. The van der Waals surface area contributed by atoms with Crippen LogP contribution in [-0.2, 0) is 4.79 Å². The first kappa shape index (κ1) is 15.0. The maximum Gasteiger partial charge on any atom is 0.393 e. The van der Waals surface area contributed by atoms with E-state index in [0.29, 0.717) is 19.4 Å². The zero-order valence-corrected chi connectivity index (χ0v) is 10.3. The van der Waals surface area contributed by atoms with Gasteiger partial charge in [0.1, 0.15) is 0 Å². The van der Waals surface area contributed by atoms with Gasteiger partial charge in [0, 0.05) is 18.7 Å². The minimum absolute atomic E-state index is 0.0311. The highest BCUT2D eigenvalue weighted by atomic mass is 19.4. The van der Waals surface area contributed by atoms with Gasteiger partial charge in [0.15, 0.2) is 0 Å². The van der Waals surface area contributed by atoms with Crippen molar-refractivity contribution in [3.8, 4) is 0 Å². The van der Waals surface area contributed by atoms with Crippen LogP contribution in [0.4, 0.5) is 13.2 Å². The third-order valence-electron chi connectivity index (χ3n) is 3.22. The lowest BCUT2D eigenvalue weighted by molar-refractivity contribution is -0.186. The van der Waals surface area contributed by atoms with Crippen molar-refractivity contribution in [1.82, 2.24) is 4.90 Å². The summed E-state index contributed by atoms with van der Waals surface area (Å²) in [6.07, 6.45) is -1.58. The molecule has 3 nitrogen and oxygen atoms in total. The third-order valence-corrected chi connectivity index (χ3v) is 3.22. The summed E-state index contributed by atoms with van der Waals surface area (Å²) < 4.78 is 37.7. The van der Waals surface area contributed by atoms with Crippen molar-refractivity contribution in [2.75, 3.05) is 19.6 Å². The molecule has 6 heteroatoms. The number of nitrogens with zero attached hydrogens (tertiary/aromatic N) is 1. The monoisotopic (exact) mass is 265 g/mol. The number of piperidine rings is 1. The Balaban J connectivity index is 2.55. The maximum absolute atomic E-state index is 12.6. The van der Waals surface area contributed by atoms with Gasteiger partial charge in [-0.1, -0.05) is 13.0 Å². The summed E-state index contributed by atoms with van der Waals surface area (Å²) in [6.45, 7) is 2.56. The van der Waals surface area contributed by atoms with Crippen molar-refractivity contribution in [2.24, 2.45) is 5.92 Å². The zero-order valence-electron chi connectivity index (χ0n) is 10.3. The van der Waals surface area contributed by atoms with Crippen LogP contribution in [0.5, 0.6) is 0 Å². The number of carboxylic acids is 1. The van der Waals surface area contributed by atoms with Crippen LogP contribution < -0.4 is 0 Å². The predicted octanol–water partition coefficient (Wildman–Crippen LogP) is 2.68. The average molecular weight is 265 g/mol. The summed E-state index contributed by atoms with van der Waals surface area (Å²) >= 11 is 0. The van der Waals surface area contributed by atoms with Gasteiger partial charge in [-0.25, -0.2) is 4.79 Å². The highest BCUT2D eigenvalue weighted by Gasteiger charge is 2.41. The fourth-order valence-corrected chi connectivity index (χ4v) is 2.11. The SMILES string of the molecule is CCC(=CCN1CCCC(C(F)(F)F)C1)C(=O)O. The van der Waals surface area contributed by atoms with Gasteiger partial charge in [-0.2, -0.15) is 13.2 Å². The number of carbonyl (C=O) groups is 1. The Morgan fingerprint density at radius 2 is 2.17 bits per heavy atom. The Labute approximate surface area is 104 Å². The largest absolute Gasteiger partial charge is 0.478 e. The molecule has 1 heterocycles. The Kier molecular flexibility index (Phi) is 5.19. The first-order chi connectivity index (χ1) is 8.34. The molecule has 104 valence electrons.